The number of hydrogen-bond acceptors (Lipinski definition) is 3. The van der Waals surface area contributed by atoms with E-state index >= 15 is 0 Å². The summed E-state index contributed by atoms with van der Waals surface area (Å²) in [4.78, 5) is 7.05. The van der Waals surface area contributed by atoms with Crippen LogP contribution in [0.2, 0.25) is 0 Å². The number of rotatable bonds is 3. The molecule has 0 saturated heterocycles. The highest BCUT2D eigenvalue weighted by Gasteiger charge is 2.01. The summed E-state index contributed by atoms with van der Waals surface area (Å²) in [5.74, 6) is 0. The third kappa shape index (κ3) is 2.83. The molecular weight excluding hydrogens is 284 g/mol. The van der Waals surface area contributed by atoms with Gasteiger partial charge in [0.15, 0.2) is 0 Å². The second kappa shape index (κ2) is 4.97. The molecule has 2 aromatic rings. The standard InChI is InChI=1S/C12H13BrN2S/c1-8-3-4-10(16-8)7-14-11-5-6-12(13)15-9(11)2/h3-6,14H,7H2,1-2H3. The smallest absolute Gasteiger partial charge is 0.106 e. The van der Waals surface area contributed by atoms with Crippen LogP contribution >= 0.6 is 27.3 Å². The minimum Gasteiger partial charge on any atom is -0.379 e. The maximum atomic E-state index is 4.35. The van der Waals surface area contributed by atoms with Gasteiger partial charge in [-0.1, -0.05) is 0 Å². The van der Waals surface area contributed by atoms with E-state index in [0.29, 0.717) is 0 Å². The van der Waals surface area contributed by atoms with Gasteiger partial charge >= 0.3 is 0 Å². The fraction of sp³-hybridized carbons (Fsp3) is 0.250. The SMILES string of the molecule is Cc1ccc(CNc2ccc(Br)nc2C)s1. The van der Waals surface area contributed by atoms with Gasteiger partial charge in [0.25, 0.3) is 0 Å². The lowest BCUT2D eigenvalue weighted by atomic mass is 10.3. The topological polar surface area (TPSA) is 24.9 Å². The third-order valence-electron chi connectivity index (χ3n) is 2.30. The molecule has 2 aromatic heterocycles. The van der Waals surface area contributed by atoms with Crippen molar-refractivity contribution in [3.63, 3.8) is 0 Å². The Morgan fingerprint density at radius 3 is 2.69 bits per heavy atom. The molecule has 0 fully saturated rings. The monoisotopic (exact) mass is 296 g/mol. The summed E-state index contributed by atoms with van der Waals surface area (Å²) in [5, 5.41) is 3.40. The van der Waals surface area contributed by atoms with Gasteiger partial charge in [-0.3, -0.25) is 0 Å². The number of pyridine rings is 1. The third-order valence-corrected chi connectivity index (χ3v) is 3.74. The van der Waals surface area contributed by atoms with Crippen molar-refractivity contribution in [1.82, 2.24) is 4.98 Å². The van der Waals surface area contributed by atoms with E-state index in [-0.39, 0.29) is 0 Å². The van der Waals surface area contributed by atoms with Gasteiger partial charge in [-0.25, -0.2) is 4.98 Å². The van der Waals surface area contributed by atoms with Crippen molar-refractivity contribution in [2.75, 3.05) is 5.32 Å². The van der Waals surface area contributed by atoms with Crippen molar-refractivity contribution in [3.05, 3.63) is 44.3 Å². The first-order chi connectivity index (χ1) is 7.65. The largest absolute Gasteiger partial charge is 0.379 e. The average molecular weight is 297 g/mol. The number of aromatic nitrogens is 1. The molecule has 0 bridgehead atoms. The molecular formula is C12H13BrN2S. The van der Waals surface area contributed by atoms with Gasteiger partial charge in [-0.05, 0) is 54.0 Å². The number of hydrogen-bond donors (Lipinski definition) is 1. The van der Waals surface area contributed by atoms with Crippen LogP contribution in [-0.4, -0.2) is 4.98 Å². The minimum absolute atomic E-state index is 0.864. The van der Waals surface area contributed by atoms with Gasteiger partial charge in [-0.15, -0.1) is 11.3 Å². The first-order valence-corrected chi connectivity index (χ1v) is 6.68. The molecule has 0 aliphatic carbocycles. The van der Waals surface area contributed by atoms with Crippen LogP contribution in [0.1, 0.15) is 15.4 Å². The molecule has 0 amide bonds. The molecule has 0 radical (unpaired) electrons. The lowest BCUT2D eigenvalue weighted by molar-refractivity contribution is 1.11. The van der Waals surface area contributed by atoms with Crippen LogP contribution in [0.3, 0.4) is 0 Å². The van der Waals surface area contributed by atoms with E-state index in [0.717, 1.165) is 22.5 Å². The van der Waals surface area contributed by atoms with E-state index in [2.05, 4.69) is 45.3 Å². The van der Waals surface area contributed by atoms with Gasteiger partial charge in [-0.2, -0.15) is 0 Å². The summed E-state index contributed by atoms with van der Waals surface area (Å²) in [6.45, 7) is 5.00. The Morgan fingerprint density at radius 2 is 2.06 bits per heavy atom. The highest BCUT2D eigenvalue weighted by Crippen LogP contribution is 2.19. The van der Waals surface area contributed by atoms with Crippen LogP contribution in [-0.2, 0) is 6.54 Å². The molecule has 1 N–H and O–H groups in total. The van der Waals surface area contributed by atoms with Crippen molar-refractivity contribution in [1.29, 1.82) is 0 Å². The predicted molar refractivity (Wildman–Crippen MR) is 73.1 cm³/mol. The number of anilines is 1. The maximum Gasteiger partial charge on any atom is 0.106 e. The Kier molecular flexibility index (Phi) is 3.61. The molecule has 0 unspecified atom stereocenters. The van der Waals surface area contributed by atoms with Crippen molar-refractivity contribution >= 4 is 33.0 Å². The summed E-state index contributed by atoms with van der Waals surface area (Å²) in [6.07, 6.45) is 0. The Hall–Kier alpha value is -0.870. The zero-order valence-electron chi connectivity index (χ0n) is 9.25. The molecule has 0 atom stereocenters. The van der Waals surface area contributed by atoms with E-state index in [9.17, 15) is 0 Å². The first-order valence-electron chi connectivity index (χ1n) is 5.07. The highest BCUT2D eigenvalue weighted by molar-refractivity contribution is 9.10. The molecule has 2 heterocycles. The van der Waals surface area contributed by atoms with Crippen molar-refractivity contribution in [2.45, 2.75) is 20.4 Å². The first kappa shape index (κ1) is 11.6. The number of thiophene rings is 1. The second-order valence-electron chi connectivity index (χ2n) is 3.63. The molecule has 16 heavy (non-hydrogen) atoms. The molecule has 2 rings (SSSR count). The average Bonchev–Trinajstić information content (AvgIpc) is 2.63. The van der Waals surface area contributed by atoms with E-state index in [1.807, 2.05) is 30.4 Å². The Labute approximate surface area is 108 Å². The van der Waals surface area contributed by atoms with E-state index in [4.69, 9.17) is 0 Å². The maximum absolute atomic E-state index is 4.35. The van der Waals surface area contributed by atoms with E-state index in [1.54, 1.807) is 0 Å². The summed E-state index contributed by atoms with van der Waals surface area (Å²) >= 11 is 5.18. The lowest BCUT2D eigenvalue weighted by Gasteiger charge is -2.07. The summed E-state index contributed by atoms with van der Waals surface area (Å²) < 4.78 is 0.877. The molecule has 2 nitrogen and oxygen atoms in total. The van der Waals surface area contributed by atoms with E-state index < -0.39 is 0 Å². The number of aryl methyl sites for hydroxylation is 2. The molecule has 0 aliphatic rings. The van der Waals surface area contributed by atoms with Gasteiger partial charge in [0.1, 0.15) is 4.60 Å². The van der Waals surface area contributed by atoms with Crippen molar-refractivity contribution < 1.29 is 0 Å². The summed E-state index contributed by atoms with van der Waals surface area (Å²) in [6, 6.07) is 8.31. The number of nitrogens with zero attached hydrogens (tertiary/aromatic N) is 1. The zero-order valence-corrected chi connectivity index (χ0v) is 11.7. The molecule has 4 heteroatoms. The second-order valence-corrected chi connectivity index (χ2v) is 5.82. The molecule has 0 aliphatic heterocycles. The summed E-state index contributed by atoms with van der Waals surface area (Å²) in [7, 11) is 0. The van der Waals surface area contributed by atoms with Gasteiger partial charge in [0.2, 0.25) is 0 Å². The van der Waals surface area contributed by atoms with Crippen LogP contribution in [0, 0.1) is 13.8 Å². The van der Waals surface area contributed by atoms with Crippen molar-refractivity contribution in [2.24, 2.45) is 0 Å². The number of halogens is 1. The quantitative estimate of drug-likeness (QED) is 0.861. The van der Waals surface area contributed by atoms with Gasteiger partial charge < -0.3 is 5.32 Å². The molecule has 0 spiro atoms. The summed E-state index contributed by atoms with van der Waals surface area (Å²) in [5.41, 5.74) is 2.11. The molecule has 0 saturated carbocycles. The lowest BCUT2D eigenvalue weighted by Crippen LogP contribution is -2.00. The predicted octanol–water partition coefficient (Wildman–Crippen LogP) is 4.13. The van der Waals surface area contributed by atoms with Crippen LogP contribution in [0.25, 0.3) is 0 Å². The van der Waals surface area contributed by atoms with Crippen molar-refractivity contribution in [3.8, 4) is 0 Å². The Balaban J connectivity index is 2.04. The van der Waals surface area contributed by atoms with Crippen LogP contribution in [0.5, 0.6) is 0 Å². The van der Waals surface area contributed by atoms with Gasteiger partial charge in [0, 0.05) is 16.3 Å². The van der Waals surface area contributed by atoms with Crippen LogP contribution < -0.4 is 5.32 Å². The number of nitrogens with one attached hydrogen (secondary N) is 1. The Morgan fingerprint density at radius 1 is 1.25 bits per heavy atom. The highest BCUT2D eigenvalue weighted by atomic mass is 79.9. The Bertz CT molecular complexity index is 494. The van der Waals surface area contributed by atoms with Gasteiger partial charge in [0.05, 0.1) is 11.4 Å². The zero-order chi connectivity index (χ0) is 11.5. The molecule has 84 valence electrons. The normalized spacial score (nSPS) is 10.4. The van der Waals surface area contributed by atoms with E-state index in [1.165, 1.54) is 9.75 Å². The van der Waals surface area contributed by atoms with Crippen LogP contribution in [0.15, 0.2) is 28.9 Å². The fourth-order valence-corrected chi connectivity index (χ4v) is 2.71. The fourth-order valence-electron chi connectivity index (χ4n) is 1.48. The van der Waals surface area contributed by atoms with Crippen LogP contribution in [0.4, 0.5) is 5.69 Å². The molecule has 0 aromatic carbocycles. The minimum atomic E-state index is 0.864.